The quantitative estimate of drug-likeness (QED) is 0.908. The molecule has 1 amide bonds. The van der Waals surface area contributed by atoms with Crippen LogP contribution in [0.25, 0.3) is 0 Å². The summed E-state index contributed by atoms with van der Waals surface area (Å²) >= 11 is 7.35. The lowest BCUT2D eigenvalue weighted by Crippen LogP contribution is -2.22. The van der Waals surface area contributed by atoms with E-state index in [1.807, 2.05) is 17.5 Å². The molecule has 2 aromatic rings. The Morgan fingerprint density at radius 3 is 2.88 bits per heavy atom. The van der Waals surface area contributed by atoms with Gasteiger partial charge < -0.3 is 5.32 Å². The predicted octanol–water partition coefficient (Wildman–Crippen LogP) is 3.47. The molecule has 0 unspecified atom stereocenters. The average molecular weight is 270 g/mol. The van der Waals surface area contributed by atoms with Crippen LogP contribution in [0.2, 0.25) is 5.02 Å². The third kappa shape index (κ3) is 3.05. The average Bonchev–Trinajstić information content (AvgIpc) is 2.78. The maximum Gasteiger partial charge on any atom is 0.253 e. The van der Waals surface area contributed by atoms with Crippen molar-refractivity contribution in [3.05, 3.63) is 57.0 Å². The summed E-state index contributed by atoms with van der Waals surface area (Å²) in [4.78, 5) is 12.8. The van der Waals surface area contributed by atoms with E-state index in [4.69, 9.17) is 11.6 Å². The lowest BCUT2D eigenvalue weighted by atomic mass is 10.2. The Labute approximate surface area is 107 Å². The van der Waals surface area contributed by atoms with E-state index in [-0.39, 0.29) is 16.5 Å². The number of carbonyl (C=O) groups is 1. The molecule has 0 aliphatic heterocycles. The van der Waals surface area contributed by atoms with Crippen molar-refractivity contribution < 1.29 is 9.18 Å². The number of benzene rings is 1. The number of amides is 1. The molecule has 2 nitrogen and oxygen atoms in total. The Morgan fingerprint density at radius 2 is 2.24 bits per heavy atom. The summed E-state index contributed by atoms with van der Waals surface area (Å²) in [5, 5.41) is 4.78. The molecule has 1 aromatic heterocycles. The SMILES string of the molecule is O=C(NCc1cccs1)c1ccc(F)cc1Cl. The van der Waals surface area contributed by atoms with Crippen molar-refractivity contribution in [2.75, 3.05) is 0 Å². The second-order valence-electron chi connectivity index (χ2n) is 3.39. The molecule has 0 fully saturated rings. The van der Waals surface area contributed by atoms with Gasteiger partial charge in [-0.2, -0.15) is 0 Å². The van der Waals surface area contributed by atoms with E-state index in [9.17, 15) is 9.18 Å². The fourth-order valence-electron chi connectivity index (χ4n) is 1.35. The Balaban J connectivity index is 2.04. The minimum Gasteiger partial charge on any atom is -0.347 e. The van der Waals surface area contributed by atoms with Crippen LogP contribution in [0.15, 0.2) is 35.7 Å². The fraction of sp³-hybridized carbons (Fsp3) is 0.0833. The first-order valence-corrected chi connectivity index (χ1v) is 6.18. The minimum absolute atomic E-state index is 0.119. The van der Waals surface area contributed by atoms with Crippen molar-refractivity contribution in [1.29, 1.82) is 0 Å². The third-order valence-electron chi connectivity index (χ3n) is 2.18. The zero-order chi connectivity index (χ0) is 12.3. The summed E-state index contributed by atoms with van der Waals surface area (Å²) in [6.45, 7) is 0.449. The number of rotatable bonds is 3. The van der Waals surface area contributed by atoms with Gasteiger partial charge in [-0.1, -0.05) is 17.7 Å². The van der Waals surface area contributed by atoms with Gasteiger partial charge in [0.1, 0.15) is 5.82 Å². The number of carbonyl (C=O) groups excluding carboxylic acids is 1. The second kappa shape index (κ2) is 5.29. The third-order valence-corrected chi connectivity index (χ3v) is 3.37. The molecule has 5 heteroatoms. The van der Waals surface area contributed by atoms with Crippen LogP contribution < -0.4 is 5.32 Å². The zero-order valence-electron chi connectivity index (χ0n) is 8.74. The summed E-state index contributed by atoms with van der Waals surface area (Å²) < 4.78 is 12.8. The van der Waals surface area contributed by atoms with Gasteiger partial charge in [-0.05, 0) is 29.6 Å². The molecule has 2 rings (SSSR count). The molecule has 0 spiro atoms. The van der Waals surface area contributed by atoms with Crippen molar-refractivity contribution in [2.24, 2.45) is 0 Å². The first-order valence-electron chi connectivity index (χ1n) is 4.92. The molecule has 17 heavy (non-hydrogen) atoms. The Bertz CT molecular complexity index is 527. The molecule has 0 saturated carbocycles. The highest BCUT2D eigenvalue weighted by atomic mass is 35.5. The number of nitrogens with one attached hydrogen (secondary N) is 1. The van der Waals surface area contributed by atoms with Crippen LogP contribution in [-0.4, -0.2) is 5.91 Å². The van der Waals surface area contributed by atoms with Crippen LogP contribution in [0, 0.1) is 5.82 Å². The number of hydrogen-bond acceptors (Lipinski definition) is 2. The molecular weight excluding hydrogens is 261 g/mol. The van der Waals surface area contributed by atoms with E-state index in [1.165, 1.54) is 12.1 Å². The van der Waals surface area contributed by atoms with Gasteiger partial charge in [-0.25, -0.2) is 4.39 Å². The van der Waals surface area contributed by atoms with Crippen LogP contribution in [-0.2, 0) is 6.54 Å². The summed E-state index contributed by atoms with van der Waals surface area (Å²) in [7, 11) is 0. The Morgan fingerprint density at radius 1 is 1.41 bits per heavy atom. The molecule has 0 aliphatic rings. The highest BCUT2D eigenvalue weighted by molar-refractivity contribution is 7.09. The van der Waals surface area contributed by atoms with Gasteiger partial charge in [0.2, 0.25) is 0 Å². The van der Waals surface area contributed by atoms with Gasteiger partial charge in [0.05, 0.1) is 17.1 Å². The summed E-state index contributed by atoms with van der Waals surface area (Å²) in [6, 6.07) is 7.56. The van der Waals surface area contributed by atoms with Crippen molar-refractivity contribution >= 4 is 28.8 Å². The first-order chi connectivity index (χ1) is 8.16. The molecule has 0 saturated heterocycles. The molecule has 0 bridgehead atoms. The van der Waals surface area contributed by atoms with Gasteiger partial charge in [0.25, 0.3) is 5.91 Å². The van der Waals surface area contributed by atoms with Gasteiger partial charge in [0, 0.05) is 4.88 Å². The minimum atomic E-state index is -0.454. The Hall–Kier alpha value is -1.39. The molecule has 88 valence electrons. The standard InChI is InChI=1S/C12H9ClFNOS/c13-11-6-8(14)3-4-10(11)12(16)15-7-9-2-1-5-17-9/h1-6H,7H2,(H,15,16). The second-order valence-corrected chi connectivity index (χ2v) is 4.83. The fourth-order valence-corrected chi connectivity index (χ4v) is 2.25. The summed E-state index contributed by atoms with van der Waals surface area (Å²) in [5.41, 5.74) is 0.282. The van der Waals surface area contributed by atoms with Gasteiger partial charge in [-0.3, -0.25) is 4.79 Å². The largest absolute Gasteiger partial charge is 0.347 e. The molecule has 1 aromatic carbocycles. The van der Waals surface area contributed by atoms with Crippen LogP contribution in [0.3, 0.4) is 0 Å². The predicted molar refractivity (Wildman–Crippen MR) is 66.9 cm³/mol. The van der Waals surface area contributed by atoms with E-state index in [1.54, 1.807) is 11.3 Å². The van der Waals surface area contributed by atoms with Crippen molar-refractivity contribution in [3.63, 3.8) is 0 Å². The van der Waals surface area contributed by atoms with E-state index >= 15 is 0 Å². The van der Waals surface area contributed by atoms with Crippen molar-refractivity contribution in [3.8, 4) is 0 Å². The van der Waals surface area contributed by atoms with Gasteiger partial charge >= 0.3 is 0 Å². The molecule has 0 atom stereocenters. The molecule has 1 N–H and O–H groups in total. The molecular formula is C12H9ClFNOS. The van der Waals surface area contributed by atoms with Crippen molar-refractivity contribution in [2.45, 2.75) is 6.54 Å². The number of thiophene rings is 1. The first kappa shape index (κ1) is 12.1. The van der Waals surface area contributed by atoms with E-state index < -0.39 is 5.82 Å². The van der Waals surface area contributed by atoms with Gasteiger partial charge in [-0.15, -0.1) is 11.3 Å². The number of halogens is 2. The number of hydrogen-bond donors (Lipinski definition) is 1. The van der Waals surface area contributed by atoms with Gasteiger partial charge in [0.15, 0.2) is 0 Å². The Kier molecular flexibility index (Phi) is 3.76. The highest BCUT2D eigenvalue weighted by Gasteiger charge is 2.10. The van der Waals surface area contributed by atoms with E-state index in [2.05, 4.69) is 5.32 Å². The van der Waals surface area contributed by atoms with Crippen LogP contribution >= 0.6 is 22.9 Å². The molecule has 0 radical (unpaired) electrons. The summed E-state index contributed by atoms with van der Waals surface area (Å²) in [6.07, 6.45) is 0. The topological polar surface area (TPSA) is 29.1 Å². The summed E-state index contributed by atoms with van der Waals surface area (Å²) in [5.74, 6) is -0.756. The van der Waals surface area contributed by atoms with E-state index in [0.29, 0.717) is 6.54 Å². The lowest BCUT2D eigenvalue weighted by molar-refractivity contribution is 0.0951. The maximum absolute atomic E-state index is 12.8. The smallest absolute Gasteiger partial charge is 0.253 e. The normalized spacial score (nSPS) is 10.2. The van der Waals surface area contributed by atoms with E-state index in [0.717, 1.165) is 10.9 Å². The van der Waals surface area contributed by atoms with Crippen LogP contribution in [0.1, 0.15) is 15.2 Å². The van der Waals surface area contributed by atoms with Crippen LogP contribution in [0.5, 0.6) is 0 Å². The lowest BCUT2D eigenvalue weighted by Gasteiger charge is -2.05. The van der Waals surface area contributed by atoms with Crippen LogP contribution in [0.4, 0.5) is 4.39 Å². The highest BCUT2D eigenvalue weighted by Crippen LogP contribution is 2.17. The monoisotopic (exact) mass is 269 g/mol. The molecule has 0 aliphatic carbocycles. The van der Waals surface area contributed by atoms with Crippen molar-refractivity contribution in [1.82, 2.24) is 5.32 Å². The maximum atomic E-state index is 12.8. The zero-order valence-corrected chi connectivity index (χ0v) is 10.3. The molecule has 1 heterocycles.